The summed E-state index contributed by atoms with van der Waals surface area (Å²) in [4.78, 5) is 10.9. The van der Waals surface area contributed by atoms with Crippen molar-refractivity contribution in [1.82, 2.24) is 0 Å². The number of carbonyl (C=O) groups excluding carboxylic acids is 1. The Morgan fingerprint density at radius 3 is 2.82 bits per heavy atom. The number of aliphatic hydroxyl groups is 1. The Morgan fingerprint density at radius 1 is 1.73 bits per heavy atom. The summed E-state index contributed by atoms with van der Waals surface area (Å²) in [5, 5.41) is 9.42. The first-order valence-corrected chi connectivity index (χ1v) is 4.61. The molecule has 0 aromatic heterocycles. The zero-order valence-electron chi connectivity index (χ0n) is 6.43. The number of halogens is 1. The van der Waals surface area contributed by atoms with Crippen LogP contribution in [0.3, 0.4) is 0 Å². The highest BCUT2D eigenvalue weighted by molar-refractivity contribution is 9.09. The molecule has 11 heavy (non-hydrogen) atoms. The minimum atomic E-state index is -0.00773. The average Bonchev–Trinajstić information content (AvgIpc) is 1.94. The normalized spacial score (nSPS) is 25.5. The van der Waals surface area contributed by atoms with E-state index in [9.17, 15) is 9.90 Å². The number of Topliss-reactive ketones (excluding diaryl/α,β-unsaturated/α-hetero) is 1. The standard InChI is InChI=1S/C8H11BrO2/c1-5(10)6-3-2-4-7(9)8(6)11/h7,11H,2-4H2,1H3. The zero-order chi connectivity index (χ0) is 8.43. The van der Waals surface area contributed by atoms with E-state index in [0.29, 0.717) is 5.57 Å². The maximum absolute atomic E-state index is 10.9. The maximum atomic E-state index is 10.9. The predicted molar refractivity (Wildman–Crippen MR) is 46.9 cm³/mol. The number of aliphatic hydroxyl groups excluding tert-OH is 1. The Hall–Kier alpha value is -0.310. The number of hydrogen-bond acceptors (Lipinski definition) is 2. The first kappa shape index (κ1) is 8.78. The van der Waals surface area contributed by atoms with Gasteiger partial charge in [-0.25, -0.2) is 0 Å². The highest BCUT2D eigenvalue weighted by Gasteiger charge is 2.22. The number of carbonyl (C=O) groups is 1. The molecule has 0 saturated carbocycles. The molecule has 0 aromatic rings. The van der Waals surface area contributed by atoms with Crippen LogP contribution in [0, 0.1) is 0 Å². The summed E-state index contributed by atoms with van der Waals surface area (Å²) in [6, 6.07) is 0. The molecule has 1 rings (SSSR count). The smallest absolute Gasteiger partial charge is 0.159 e. The number of alkyl halides is 1. The molecule has 0 fully saturated rings. The van der Waals surface area contributed by atoms with E-state index in [1.165, 1.54) is 6.92 Å². The van der Waals surface area contributed by atoms with Crippen molar-refractivity contribution in [3.63, 3.8) is 0 Å². The fraction of sp³-hybridized carbons (Fsp3) is 0.625. The van der Waals surface area contributed by atoms with Crippen LogP contribution in [-0.2, 0) is 4.79 Å². The molecule has 1 aliphatic rings. The molecule has 2 nitrogen and oxygen atoms in total. The summed E-state index contributed by atoms with van der Waals surface area (Å²) in [5.74, 6) is 0.232. The number of hydrogen-bond donors (Lipinski definition) is 1. The van der Waals surface area contributed by atoms with Crippen LogP contribution in [0.5, 0.6) is 0 Å². The molecule has 1 unspecified atom stereocenters. The molecule has 0 bridgehead atoms. The Balaban J connectivity index is 2.89. The van der Waals surface area contributed by atoms with Gasteiger partial charge >= 0.3 is 0 Å². The number of allylic oxidation sites excluding steroid dienone is 2. The SMILES string of the molecule is CC(=O)C1=C(O)C(Br)CCC1. The Kier molecular flexibility index (Phi) is 2.71. The quantitative estimate of drug-likeness (QED) is 0.687. The zero-order valence-corrected chi connectivity index (χ0v) is 8.02. The van der Waals surface area contributed by atoms with Crippen molar-refractivity contribution < 1.29 is 9.90 Å². The maximum Gasteiger partial charge on any atom is 0.159 e. The molecule has 0 heterocycles. The van der Waals surface area contributed by atoms with E-state index in [4.69, 9.17) is 0 Å². The van der Waals surface area contributed by atoms with Gasteiger partial charge in [-0.2, -0.15) is 0 Å². The largest absolute Gasteiger partial charge is 0.511 e. The summed E-state index contributed by atoms with van der Waals surface area (Å²) in [5.41, 5.74) is 0.595. The molecule has 0 radical (unpaired) electrons. The lowest BCUT2D eigenvalue weighted by atomic mass is 9.95. The lowest BCUT2D eigenvalue weighted by molar-refractivity contribution is -0.114. The molecule has 62 valence electrons. The summed E-state index contributed by atoms with van der Waals surface area (Å²) in [6.45, 7) is 1.50. The summed E-state index contributed by atoms with van der Waals surface area (Å²) < 4.78 is 0. The van der Waals surface area contributed by atoms with Crippen molar-refractivity contribution in [3.8, 4) is 0 Å². The molecule has 0 aromatic carbocycles. The van der Waals surface area contributed by atoms with Crippen LogP contribution in [0.25, 0.3) is 0 Å². The molecule has 0 spiro atoms. The predicted octanol–water partition coefficient (Wildman–Crippen LogP) is 2.33. The van der Waals surface area contributed by atoms with Gasteiger partial charge in [-0.3, -0.25) is 4.79 Å². The third-order valence-electron chi connectivity index (χ3n) is 1.92. The lowest BCUT2D eigenvalue weighted by Gasteiger charge is -2.18. The Morgan fingerprint density at radius 2 is 2.36 bits per heavy atom. The van der Waals surface area contributed by atoms with Gasteiger partial charge in [0.1, 0.15) is 5.76 Å². The van der Waals surface area contributed by atoms with E-state index in [1.54, 1.807) is 0 Å². The molecule has 1 N–H and O–H groups in total. The van der Waals surface area contributed by atoms with Crippen LogP contribution in [0.1, 0.15) is 26.2 Å². The van der Waals surface area contributed by atoms with Gasteiger partial charge in [0.05, 0.1) is 4.83 Å². The molecule has 3 heteroatoms. The van der Waals surface area contributed by atoms with Crippen molar-refractivity contribution in [2.75, 3.05) is 0 Å². The van der Waals surface area contributed by atoms with Gasteiger partial charge in [-0.05, 0) is 26.2 Å². The van der Waals surface area contributed by atoms with Crippen LogP contribution >= 0.6 is 15.9 Å². The molecule has 1 aliphatic carbocycles. The highest BCUT2D eigenvalue weighted by Crippen LogP contribution is 2.28. The van der Waals surface area contributed by atoms with Gasteiger partial charge in [0.15, 0.2) is 5.78 Å². The second-order valence-electron chi connectivity index (χ2n) is 2.78. The van der Waals surface area contributed by atoms with Crippen molar-refractivity contribution in [2.24, 2.45) is 0 Å². The average molecular weight is 219 g/mol. The molecule has 1 atom stereocenters. The first-order chi connectivity index (χ1) is 5.13. The van der Waals surface area contributed by atoms with Crippen molar-refractivity contribution in [1.29, 1.82) is 0 Å². The molecule has 0 amide bonds. The van der Waals surface area contributed by atoms with Crippen LogP contribution < -0.4 is 0 Å². The van der Waals surface area contributed by atoms with Crippen molar-refractivity contribution >= 4 is 21.7 Å². The van der Waals surface area contributed by atoms with Crippen LogP contribution in [0.4, 0.5) is 0 Å². The van der Waals surface area contributed by atoms with Gasteiger partial charge in [0, 0.05) is 5.57 Å². The Labute approximate surface area is 74.4 Å². The minimum Gasteiger partial charge on any atom is -0.511 e. The molecular weight excluding hydrogens is 208 g/mol. The molecular formula is C8H11BrO2. The van der Waals surface area contributed by atoms with Gasteiger partial charge < -0.3 is 5.11 Å². The molecule has 0 aliphatic heterocycles. The third-order valence-corrected chi connectivity index (χ3v) is 2.81. The number of ketones is 1. The first-order valence-electron chi connectivity index (χ1n) is 3.70. The van der Waals surface area contributed by atoms with E-state index in [1.807, 2.05) is 0 Å². The Bertz CT molecular complexity index is 208. The van der Waals surface area contributed by atoms with E-state index >= 15 is 0 Å². The van der Waals surface area contributed by atoms with Gasteiger partial charge in [0.25, 0.3) is 0 Å². The second kappa shape index (κ2) is 3.39. The minimum absolute atomic E-state index is 0.00449. The van der Waals surface area contributed by atoms with E-state index in [0.717, 1.165) is 19.3 Å². The monoisotopic (exact) mass is 218 g/mol. The van der Waals surface area contributed by atoms with Crippen LogP contribution in [-0.4, -0.2) is 15.7 Å². The summed E-state index contributed by atoms with van der Waals surface area (Å²) >= 11 is 3.30. The number of rotatable bonds is 1. The summed E-state index contributed by atoms with van der Waals surface area (Å²) in [6.07, 6.45) is 2.63. The molecule has 0 saturated heterocycles. The van der Waals surface area contributed by atoms with E-state index < -0.39 is 0 Å². The fourth-order valence-electron chi connectivity index (χ4n) is 1.27. The van der Waals surface area contributed by atoms with Gasteiger partial charge in [-0.1, -0.05) is 15.9 Å². The lowest BCUT2D eigenvalue weighted by Crippen LogP contribution is -2.15. The van der Waals surface area contributed by atoms with E-state index in [2.05, 4.69) is 15.9 Å². The van der Waals surface area contributed by atoms with Gasteiger partial charge in [0.2, 0.25) is 0 Å². The van der Waals surface area contributed by atoms with Gasteiger partial charge in [-0.15, -0.1) is 0 Å². The van der Waals surface area contributed by atoms with Crippen molar-refractivity contribution in [2.45, 2.75) is 31.0 Å². The topological polar surface area (TPSA) is 37.3 Å². The summed E-state index contributed by atoms with van der Waals surface area (Å²) in [7, 11) is 0. The van der Waals surface area contributed by atoms with Crippen LogP contribution in [0.15, 0.2) is 11.3 Å². The van der Waals surface area contributed by atoms with E-state index in [-0.39, 0.29) is 16.4 Å². The fourth-order valence-corrected chi connectivity index (χ4v) is 1.87. The second-order valence-corrected chi connectivity index (χ2v) is 3.89. The van der Waals surface area contributed by atoms with Crippen LogP contribution in [0.2, 0.25) is 0 Å². The third kappa shape index (κ3) is 1.83. The van der Waals surface area contributed by atoms with Crippen molar-refractivity contribution in [3.05, 3.63) is 11.3 Å². The highest BCUT2D eigenvalue weighted by atomic mass is 79.9.